The van der Waals surface area contributed by atoms with Crippen LogP contribution in [0.15, 0.2) is 4.42 Å². The van der Waals surface area contributed by atoms with Crippen LogP contribution >= 0.6 is 0 Å². The Kier molecular flexibility index (Phi) is 3.64. The van der Waals surface area contributed by atoms with E-state index in [1.807, 2.05) is 0 Å². The minimum atomic E-state index is 0.386. The lowest BCUT2D eigenvalue weighted by molar-refractivity contribution is -0.762. The molecular weight excluding hydrogens is 236 g/mol. The van der Waals surface area contributed by atoms with E-state index in [1.165, 1.54) is 38.0 Å². The average Bonchev–Trinajstić information content (AvgIpc) is 2.94. The second-order valence-electron chi connectivity index (χ2n) is 6.87. The first kappa shape index (κ1) is 13.1. The molecule has 0 radical (unpaired) electrons. The maximum absolute atomic E-state index is 6.14. The largest absolute Gasteiger partial charge is 0.385 e. The minimum absolute atomic E-state index is 0.386. The van der Waals surface area contributed by atoms with Crippen molar-refractivity contribution in [2.75, 3.05) is 0 Å². The van der Waals surface area contributed by atoms with Crippen LogP contribution in [0.5, 0.6) is 0 Å². The van der Waals surface area contributed by atoms with E-state index in [0.29, 0.717) is 11.8 Å². The normalized spacial score (nSPS) is 30.2. The van der Waals surface area contributed by atoms with Gasteiger partial charge in [0.2, 0.25) is 0 Å². The Morgan fingerprint density at radius 3 is 2.47 bits per heavy atom. The first-order valence-electron chi connectivity index (χ1n) is 8.08. The van der Waals surface area contributed by atoms with E-state index in [-0.39, 0.29) is 0 Å². The Bertz CT molecular complexity index is 426. The summed E-state index contributed by atoms with van der Waals surface area (Å²) in [6.07, 6.45) is 8.14. The van der Waals surface area contributed by atoms with Crippen molar-refractivity contribution in [1.82, 2.24) is 5.10 Å². The lowest BCUT2D eigenvalue weighted by Crippen LogP contribution is -2.41. The molecule has 2 atom stereocenters. The fourth-order valence-corrected chi connectivity index (χ4v) is 3.96. The molecule has 106 valence electrons. The number of nitrogens with zero attached hydrogens (tertiary/aromatic N) is 2. The molecule has 1 aromatic rings. The SMILES string of the molecule is CCC[n+]1nc(C(C)C)oc1C1CC2CCC(C2)C1. The summed E-state index contributed by atoms with van der Waals surface area (Å²) in [6, 6.07) is 0. The standard InChI is InChI=1S/C16H27N2O/c1-4-7-18-16(19-15(17-18)11(2)3)14-9-12-5-6-13(8-12)10-14/h11-14H,4-10H2,1-3H3/q+1. The maximum atomic E-state index is 6.14. The molecule has 2 saturated carbocycles. The minimum Gasteiger partial charge on any atom is -0.385 e. The highest BCUT2D eigenvalue weighted by Crippen LogP contribution is 2.47. The number of aromatic nitrogens is 2. The van der Waals surface area contributed by atoms with Crippen LogP contribution in [0.1, 0.15) is 82.9 Å². The summed E-state index contributed by atoms with van der Waals surface area (Å²) in [7, 11) is 0. The van der Waals surface area contributed by atoms with Crippen molar-refractivity contribution in [2.24, 2.45) is 11.8 Å². The van der Waals surface area contributed by atoms with Gasteiger partial charge in [-0.3, -0.25) is 0 Å². The first-order valence-corrected chi connectivity index (χ1v) is 8.08. The van der Waals surface area contributed by atoms with Gasteiger partial charge in [0.15, 0.2) is 6.54 Å². The molecule has 1 heterocycles. The van der Waals surface area contributed by atoms with Gasteiger partial charge in [0.25, 0.3) is 5.89 Å². The lowest BCUT2D eigenvalue weighted by Gasteiger charge is -2.23. The van der Waals surface area contributed by atoms with Crippen molar-refractivity contribution in [3.05, 3.63) is 11.8 Å². The van der Waals surface area contributed by atoms with Gasteiger partial charge in [0, 0.05) is 17.4 Å². The molecule has 0 N–H and O–H groups in total. The first-order chi connectivity index (χ1) is 9.17. The van der Waals surface area contributed by atoms with Crippen molar-refractivity contribution in [1.29, 1.82) is 0 Å². The molecule has 0 spiro atoms. The van der Waals surface area contributed by atoms with Gasteiger partial charge in [-0.1, -0.05) is 38.3 Å². The molecule has 3 heteroatoms. The van der Waals surface area contributed by atoms with Crippen LogP contribution in [-0.2, 0) is 6.54 Å². The zero-order valence-corrected chi connectivity index (χ0v) is 12.6. The van der Waals surface area contributed by atoms with E-state index in [1.54, 1.807) is 0 Å². The Morgan fingerprint density at radius 2 is 1.89 bits per heavy atom. The third-order valence-electron chi connectivity index (χ3n) is 4.85. The molecule has 2 unspecified atom stereocenters. The third kappa shape index (κ3) is 2.56. The molecule has 0 aliphatic heterocycles. The van der Waals surface area contributed by atoms with Crippen LogP contribution in [-0.4, -0.2) is 5.10 Å². The van der Waals surface area contributed by atoms with Gasteiger partial charge in [0.05, 0.1) is 5.92 Å². The highest BCUT2D eigenvalue weighted by Gasteiger charge is 2.41. The number of rotatable bonds is 4. The topological polar surface area (TPSA) is 29.9 Å². The Balaban J connectivity index is 1.85. The van der Waals surface area contributed by atoms with Crippen LogP contribution in [0.3, 0.4) is 0 Å². The summed E-state index contributed by atoms with van der Waals surface area (Å²) >= 11 is 0. The van der Waals surface area contributed by atoms with E-state index in [9.17, 15) is 0 Å². The zero-order chi connectivity index (χ0) is 13.4. The number of hydrogen-bond acceptors (Lipinski definition) is 2. The van der Waals surface area contributed by atoms with Gasteiger partial charge in [-0.2, -0.15) is 0 Å². The molecule has 0 saturated heterocycles. The van der Waals surface area contributed by atoms with Crippen LogP contribution in [0.4, 0.5) is 0 Å². The van der Waals surface area contributed by atoms with E-state index in [4.69, 9.17) is 9.52 Å². The van der Waals surface area contributed by atoms with Crippen molar-refractivity contribution >= 4 is 0 Å². The second kappa shape index (κ2) is 5.26. The van der Waals surface area contributed by atoms with Gasteiger partial charge >= 0.3 is 5.89 Å². The van der Waals surface area contributed by atoms with E-state index >= 15 is 0 Å². The van der Waals surface area contributed by atoms with Crippen LogP contribution < -0.4 is 4.68 Å². The van der Waals surface area contributed by atoms with Gasteiger partial charge in [-0.25, -0.2) is 0 Å². The highest BCUT2D eigenvalue weighted by molar-refractivity contribution is 4.97. The highest BCUT2D eigenvalue weighted by atomic mass is 16.4. The van der Waals surface area contributed by atoms with Crippen molar-refractivity contribution in [2.45, 2.75) is 77.7 Å². The summed E-state index contributed by atoms with van der Waals surface area (Å²) in [5.41, 5.74) is 0. The third-order valence-corrected chi connectivity index (χ3v) is 4.85. The predicted molar refractivity (Wildman–Crippen MR) is 73.9 cm³/mol. The Hall–Kier alpha value is -0.860. The fraction of sp³-hybridized carbons (Fsp3) is 0.875. The maximum Gasteiger partial charge on any atom is 0.377 e. The fourth-order valence-electron chi connectivity index (χ4n) is 3.96. The van der Waals surface area contributed by atoms with Crippen LogP contribution in [0.25, 0.3) is 0 Å². The van der Waals surface area contributed by atoms with Crippen LogP contribution in [0, 0.1) is 11.8 Å². The number of fused-ring (bicyclic) bond motifs is 2. The second-order valence-corrected chi connectivity index (χ2v) is 6.87. The molecule has 3 nitrogen and oxygen atoms in total. The Labute approximate surface area is 116 Å². The molecule has 19 heavy (non-hydrogen) atoms. The molecule has 2 fully saturated rings. The quantitative estimate of drug-likeness (QED) is 0.774. The smallest absolute Gasteiger partial charge is 0.377 e. The summed E-state index contributed by atoms with van der Waals surface area (Å²) in [4.78, 5) is 0. The molecule has 2 aliphatic carbocycles. The number of hydrogen-bond donors (Lipinski definition) is 0. The molecule has 3 rings (SSSR count). The summed E-state index contributed by atoms with van der Waals surface area (Å²) < 4.78 is 8.30. The van der Waals surface area contributed by atoms with Crippen molar-refractivity contribution < 1.29 is 9.10 Å². The van der Waals surface area contributed by atoms with E-state index in [2.05, 4.69) is 25.5 Å². The van der Waals surface area contributed by atoms with Gasteiger partial charge in [0.1, 0.15) is 0 Å². The van der Waals surface area contributed by atoms with Gasteiger partial charge in [-0.15, -0.1) is 0 Å². The monoisotopic (exact) mass is 263 g/mol. The Morgan fingerprint density at radius 1 is 1.21 bits per heavy atom. The molecule has 0 amide bonds. The molecule has 2 aliphatic rings. The van der Waals surface area contributed by atoms with Gasteiger partial charge in [-0.05, 0) is 31.1 Å². The zero-order valence-electron chi connectivity index (χ0n) is 12.6. The molecular formula is C16H27N2O+. The predicted octanol–water partition coefficient (Wildman–Crippen LogP) is 3.79. The van der Waals surface area contributed by atoms with Crippen molar-refractivity contribution in [3.63, 3.8) is 0 Å². The van der Waals surface area contributed by atoms with Crippen molar-refractivity contribution in [3.8, 4) is 0 Å². The summed E-state index contributed by atoms with van der Waals surface area (Å²) in [5, 5.41) is 4.70. The molecule has 1 aromatic heterocycles. The number of aryl methyl sites for hydroxylation is 1. The molecule has 0 aromatic carbocycles. The molecule has 2 bridgehead atoms. The summed E-state index contributed by atoms with van der Waals surface area (Å²) in [5.74, 6) is 5.00. The van der Waals surface area contributed by atoms with E-state index < -0.39 is 0 Å². The lowest BCUT2D eigenvalue weighted by atomic mass is 9.81. The summed E-state index contributed by atoms with van der Waals surface area (Å²) in [6.45, 7) is 7.54. The van der Waals surface area contributed by atoms with Crippen LogP contribution in [0.2, 0.25) is 0 Å². The van der Waals surface area contributed by atoms with Gasteiger partial charge < -0.3 is 4.42 Å². The van der Waals surface area contributed by atoms with E-state index in [0.717, 1.165) is 30.7 Å². The average molecular weight is 263 g/mol.